The Morgan fingerprint density at radius 1 is 1.12 bits per heavy atom. The molecule has 0 atom stereocenters. The van der Waals surface area contributed by atoms with E-state index in [-0.39, 0.29) is 0 Å². The molecule has 0 unspecified atom stereocenters. The van der Waals surface area contributed by atoms with E-state index in [9.17, 15) is 0 Å². The zero-order chi connectivity index (χ0) is 12.3. The summed E-state index contributed by atoms with van der Waals surface area (Å²) in [6.07, 6.45) is 0. The first-order valence-corrected chi connectivity index (χ1v) is 6.22. The second-order valence-electron chi connectivity index (χ2n) is 3.58. The number of rotatable bonds is 4. The van der Waals surface area contributed by atoms with Crippen molar-refractivity contribution in [2.75, 3.05) is 14.2 Å². The van der Waals surface area contributed by atoms with Gasteiger partial charge in [-0.1, -0.05) is 6.07 Å². The highest BCUT2D eigenvalue weighted by Crippen LogP contribution is 2.34. The monoisotopic (exact) mass is 249 g/mol. The molecule has 90 valence electrons. The fraction of sp³-hybridized carbons (Fsp3) is 0.231. The van der Waals surface area contributed by atoms with Crippen LogP contribution in [0.1, 0.15) is 5.56 Å². The van der Waals surface area contributed by atoms with E-state index >= 15 is 0 Å². The number of benzene rings is 1. The van der Waals surface area contributed by atoms with Crippen LogP contribution in [-0.4, -0.2) is 14.2 Å². The van der Waals surface area contributed by atoms with Crippen molar-refractivity contribution in [3.63, 3.8) is 0 Å². The third kappa shape index (κ3) is 2.28. The van der Waals surface area contributed by atoms with Crippen molar-refractivity contribution in [3.8, 4) is 22.6 Å². The summed E-state index contributed by atoms with van der Waals surface area (Å²) in [6.45, 7) is 0.549. The summed E-state index contributed by atoms with van der Waals surface area (Å²) in [7, 11) is 3.27. The van der Waals surface area contributed by atoms with E-state index in [1.165, 1.54) is 5.56 Å². The number of ether oxygens (including phenoxy) is 2. The van der Waals surface area contributed by atoms with Crippen molar-refractivity contribution < 1.29 is 9.47 Å². The van der Waals surface area contributed by atoms with Crippen LogP contribution in [0.4, 0.5) is 0 Å². The second-order valence-corrected chi connectivity index (χ2v) is 4.33. The molecule has 0 spiro atoms. The van der Waals surface area contributed by atoms with E-state index in [4.69, 9.17) is 15.2 Å². The highest BCUT2D eigenvalue weighted by molar-refractivity contribution is 7.08. The maximum Gasteiger partial charge on any atom is 0.161 e. The van der Waals surface area contributed by atoms with E-state index < -0.39 is 0 Å². The van der Waals surface area contributed by atoms with Gasteiger partial charge < -0.3 is 15.2 Å². The highest BCUT2D eigenvalue weighted by atomic mass is 32.1. The molecule has 2 aromatic rings. The number of methoxy groups -OCH3 is 2. The van der Waals surface area contributed by atoms with Gasteiger partial charge in [0.1, 0.15) is 0 Å². The van der Waals surface area contributed by atoms with Crippen molar-refractivity contribution >= 4 is 11.3 Å². The van der Waals surface area contributed by atoms with Crippen LogP contribution < -0.4 is 15.2 Å². The third-order valence-electron chi connectivity index (χ3n) is 2.66. The minimum absolute atomic E-state index is 0.549. The molecule has 1 heterocycles. The molecule has 17 heavy (non-hydrogen) atoms. The smallest absolute Gasteiger partial charge is 0.161 e. The van der Waals surface area contributed by atoms with Crippen LogP contribution >= 0.6 is 11.3 Å². The quantitative estimate of drug-likeness (QED) is 0.906. The molecular formula is C13H15NO2S. The van der Waals surface area contributed by atoms with Crippen molar-refractivity contribution in [2.24, 2.45) is 5.73 Å². The van der Waals surface area contributed by atoms with Crippen molar-refractivity contribution in [1.82, 2.24) is 0 Å². The van der Waals surface area contributed by atoms with Crippen LogP contribution in [0, 0.1) is 0 Å². The molecule has 0 fully saturated rings. The molecule has 3 nitrogen and oxygen atoms in total. The minimum Gasteiger partial charge on any atom is -0.493 e. The van der Waals surface area contributed by atoms with Gasteiger partial charge in [0.15, 0.2) is 11.5 Å². The molecule has 1 aromatic heterocycles. The summed E-state index contributed by atoms with van der Waals surface area (Å²) >= 11 is 1.66. The standard InChI is InChI=1S/C13H15NO2S/c1-15-12-4-3-9(5-13(12)16-2)11-8-17-7-10(11)6-14/h3-5,7-8H,6,14H2,1-2H3. The first-order valence-electron chi connectivity index (χ1n) is 5.27. The highest BCUT2D eigenvalue weighted by Gasteiger charge is 2.09. The van der Waals surface area contributed by atoms with Gasteiger partial charge in [-0.25, -0.2) is 0 Å². The predicted molar refractivity (Wildman–Crippen MR) is 70.8 cm³/mol. The third-order valence-corrected chi connectivity index (χ3v) is 3.45. The number of hydrogen-bond donors (Lipinski definition) is 1. The molecule has 0 aliphatic heterocycles. The fourth-order valence-electron chi connectivity index (χ4n) is 1.74. The van der Waals surface area contributed by atoms with Gasteiger partial charge in [0.2, 0.25) is 0 Å². The van der Waals surface area contributed by atoms with Gasteiger partial charge in [-0.2, -0.15) is 11.3 Å². The van der Waals surface area contributed by atoms with Crippen LogP contribution in [0.25, 0.3) is 11.1 Å². The number of hydrogen-bond acceptors (Lipinski definition) is 4. The van der Waals surface area contributed by atoms with Gasteiger partial charge in [-0.15, -0.1) is 0 Å². The lowest BCUT2D eigenvalue weighted by Crippen LogP contribution is -1.96. The lowest BCUT2D eigenvalue weighted by atomic mass is 10.0. The van der Waals surface area contributed by atoms with Crippen LogP contribution in [-0.2, 0) is 6.54 Å². The molecule has 1 aromatic carbocycles. The average molecular weight is 249 g/mol. The van der Waals surface area contributed by atoms with Crippen molar-refractivity contribution in [1.29, 1.82) is 0 Å². The molecule has 0 saturated carbocycles. The predicted octanol–water partition coefficient (Wildman–Crippen LogP) is 2.89. The Balaban J connectivity index is 2.46. The topological polar surface area (TPSA) is 44.5 Å². The van der Waals surface area contributed by atoms with E-state index in [0.717, 1.165) is 22.6 Å². The lowest BCUT2D eigenvalue weighted by molar-refractivity contribution is 0.355. The van der Waals surface area contributed by atoms with Gasteiger partial charge in [-0.05, 0) is 39.6 Å². The van der Waals surface area contributed by atoms with Crippen molar-refractivity contribution in [2.45, 2.75) is 6.54 Å². The summed E-state index contributed by atoms with van der Waals surface area (Å²) < 4.78 is 10.5. The minimum atomic E-state index is 0.549. The molecule has 2 rings (SSSR count). The van der Waals surface area contributed by atoms with E-state index in [0.29, 0.717) is 6.54 Å². The molecule has 0 aliphatic carbocycles. The molecule has 4 heteroatoms. The maximum atomic E-state index is 5.71. The summed E-state index contributed by atoms with van der Waals surface area (Å²) in [5.41, 5.74) is 9.13. The van der Waals surface area contributed by atoms with Gasteiger partial charge in [0.05, 0.1) is 14.2 Å². The SMILES string of the molecule is COc1ccc(-c2cscc2CN)cc1OC. The molecule has 0 saturated heterocycles. The Kier molecular flexibility index (Phi) is 3.66. The molecule has 0 radical (unpaired) electrons. The maximum absolute atomic E-state index is 5.71. The molecule has 2 N–H and O–H groups in total. The van der Waals surface area contributed by atoms with Gasteiger partial charge in [-0.3, -0.25) is 0 Å². The van der Waals surface area contributed by atoms with Crippen LogP contribution in [0.5, 0.6) is 11.5 Å². The average Bonchev–Trinajstić information content (AvgIpc) is 2.86. The number of nitrogens with two attached hydrogens (primary N) is 1. The van der Waals surface area contributed by atoms with E-state index in [1.807, 2.05) is 18.2 Å². The van der Waals surface area contributed by atoms with Gasteiger partial charge in [0.25, 0.3) is 0 Å². The van der Waals surface area contributed by atoms with E-state index in [1.54, 1.807) is 25.6 Å². The van der Waals surface area contributed by atoms with Crippen LogP contribution in [0.2, 0.25) is 0 Å². The summed E-state index contributed by atoms with van der Waals surface area (Å²) in [4.78, 5) is 0. The van der Waals surface area contributed by atoms with Crippen LogP contribution in [0.15, 0.2) is 29.0 Å². The summed E-state index contributed by atoms with van der Waals surface area (Å²) in [5, 5.41) is 4.18. The summed E-state index contributed by atoms with van der Waals surface area (Å²) in [6, 6.07) is 5.90. The Hall–Kier alpha value is -1.52. The number of thiophene rings is 1. The molecule has 0 aliphatic rings. The Morgan fingerprint density at radius 2 is 1.88 bits per heavy atom. The Bertz CT molecular complexity index is 508. The Labute approximate surface area is 105 Å². The largest absolute Gasteiger partial charge is 0.493 e. The van der Waals surface area contributed by atoms with Gasteiger partial charge >= 0.3 is 0 Å². The lowest BCUT2D eigenvalue weighted by Gasteiger charge is -2.09. The molecule has 0 bridgehead atoms. The first kappa shape index (κ1) is 12.0. The normalized spacial score (nSPS) is 10.3. The zero-order valence-electron chi connectivity index (χ0n) is 9.90. The first-order chi connectivity index (χ1) is 8.30. The fourth-order valence-corrected chi connectivity index (χ4v) is 2.62. The van der Waals surface area contributed by atoms with Crippen LogP contribution in [0.3, 0.4) is 0 Å². The molecular weight excluding hydrogens is 234 g/mol. The van der Waals surface area contributed by atoms with E-state index in [2.05, 4.69) is 10.8 Å². The Morgan fingerprint density at radius 3 is 2.53 bits per heavy atom. The van der Waals surface area contributed by atoms with Crippen molar-refractivity contribution in [3.05, 3.63) is 34.5 Å². The zero-order valence-corrected chi connectivity index (χ0v) is 10.7. The summed E-state index contributed by atoms with van der Waals surface area (Å²) in [5.74, 6) is 1.47. The second kappa shape index (κ2) is 5.21. The van der Waals surface area contributed by atoms with Gasteiger partial charge in [0, 0.05) is 6.54 Å². The molecule has 0 amide bonds.